The molecule has 0 aromatic heterocycles. The van der Waals surface area contributed by atoms with Crippen molar-refractivity contribution in [1.82, 2.24) is 0 Å². The third-order valence-corrected chi connectivity index (χ3v) is 2.24. The normalized spacial score (nSPS) is 11.2. The summed E-state index contributed by atoms with van der Waals surface area (Å²) in [6, 6.07) is 7.08. The molecule has 0 aliphatic heterocycles. The van der Waals surface area contributed by atoms with Crippen LogP contribution in [-0.4, -0.2) is 4.89 Å². The van der Waals surface area contributed by atoms with E-state index in [4.69, 9.17) is 4.89 Å². The second-order valence-electron chi connectivity index (χ2n) is 2.06. The average molecular weight is 155 g/mol. The zero-order valence-electron chi connectivity index (χ0n) is 5.61. The molecular weight excluding hydrogens is 147 g/mol. The van der Waals surface area contributed by atoms with Gasteiger partial charge in [0.25, 0.3) is 0 Å². The Bertz CT molecular complexity index is 258. The molecule has 0 bridgehead atoms. The van der Waals surface area contributed by atoms with Gasteiger partial charge in [0.2, 0.25) is 5.30 Å². The van der Waals surface area contributed by atoms with Crippen LogP contribution in [0, 0.1) is 6.92 Å². The molecule has 10 heavy (non-hydrogen) atoms. The van der Waals surface area contributed by atoms with Gasteiger partial charge in [-0.25, -0.2) is 0 Å². The first-order valence-corrected chi connectivity index (χ1v) is 4.15. The van der Waals surface area contributed by atoms with Gasteiger partial charge in [-0.1, -0.05) is 18.2 Å². The number of benzene rings is 1. The van der Waals surface area contributed by atoms with Gasteiger partial charge in [0, 0.05) is 5.56 Å². The fraction of sp³-hybridized carbons (Fsp3) is 0.143. The fourth-order valence-corrected chi connectivity index (χ4v) is 1.37. The van der Waals surface area contributed by atoms with Crippen LogP contribution in [0.4, 0.5) is 0 Å². The first kappa shape index (κ1) is 7.39. The second kappa shape index (κ2) is 2.91. The van der Waals surface area contributed by atoms with Crippen LogP contribution in [0.1, 0.15) is 5.56 Å². The Balaban J connectivity index is 3.15. The van der Waals surface area contributed by atoms with Gasteiger partial charge in [-0.15, -0.1) is 0 Å². The molecule has 1 aromatic carbocycles. The Kier molecular flexibility index (Phi) is 2.15. The molecule has 1 atom stereocenters. The van der Waals surface area contributed by atoms with Gasteiger partial charge >= 0.3 is 8.03 Å². The Morgan fingerprint density at radius 3 is 2.40 bits per heavy atom. The third-order valence-electron chi connectivity index (χ3n) is 1.32. The van der Waals surface area contributed by atoms with Crippen LogP contribution in [0.25, 0.3) is 0 Å². The SMILES string of the molecule is Cc1ccccc1[P+](=O)O. The predicted molar refractivity (Wildman–Crippen MR) is 40.6 cm³/mol. The summed E-state index contributed by atoms with van der Waals surface area (Å²) in [6.45, 7) is 1.82. The molecular formula is C7H8O2P+. The van der Waals surface area contributed by atoms with Crippen molar-refractivity contribution >= 4 is 13.3 Å². The van der Waals surface area contributed by atoms with Gasteiger partial charge in [0.15, 0.2) is 0 Å². The van der Waals surface area contributed by atoms with Gasteiger partial charge in [-0.2, -0.15) is 4.89 Å². The molecule has 0 aliphatic carbocycles. The summed E-state index contributed by atoms with van der Waals surface area (Å²) < 4.78 is 10.6. The first-order valence-electron chi connectivity index (χ1n) is 2.93. The highest BCUT2D eigenvalue weighted by Gasteiger charge is 2.17. The maximum Gasteiger partial charge on any atom is 0.546 e. The molecule has 3 heteroatoms. The van der Waals surface area contributed by atoms with E-state index in [9.17, 15) is 4.57 Å². The summed E-state index contributed by atoms with van der Waals surface area (Å²) in [5, 5.41) is 0.525. The Morgan fingerprint density at radius 1 is 1.40 bits per heavy atom. The van der Waals surface area contributed by atoms with Crippen LogP contribution in [0.5, 0.6) is 0 Å². The zero-order chi connectivity index (χ0) is 7.56. The van der Waals surface area contributed by atoms with Crippen molar-refractivity contribution in [3.05, 3.63) is 29.8 Å². The van der Waals surface area contributed by atoms with E-state index in [2.05, 4.69) is 0 Å². The van der Waals surface area contributed by atoms with E-state index in [1.165, 1.54) is 0 Å². The highest BCUT2D eigenvalue weighted by atomic mass is 31.1. The molecule has 1 rings (SSSR count). The van der Waals surface area contributed by atoms with Crippen LogP contribution < -0.4 is 5.30 Å². The molecule has 2 nitrogen and oxygen atoms in total. The quantitative estimate of drug-likeness (QED) is 0.621. The van der Waals surface area contributed by atoms with Crippen molar-refractivity contribution in [2.24, 2.45) is 0 Å². The van der Waals surface area contributed by atoms with Crippen LogP contribution in [0.2, 0.25) is 0 Å². The molecule has 0 aliphatic rings. The first-order chi connectivity index (χ1) is 4.72. The minimum atomic E-state index is -2.17. The van der Waals surface area contributed by atoms with Crippen molar-refractivity contribution in [2.75, 3.05) is 0 Å². The van der Waals surface area contributed by atoms with E-state index in [0.717, 1.165) is 5.56 Å². The maximum absolute atomic E-state index is 10.6. The number of rotatable bonds is 1. The number of hydrogen-bond acceptors (Lipinski definition) is 1. The molecule has 0 radical (unpaired) electrons. The lowest BCUT2D eigenvalue weighted by atomic mass is 10.2. The van der Waals surface area contributed by atoms with Gasteiger partial charge in [0.05, 0.1) is 0 Å². The van der Waals surface area contributed by atoms with E-state index < -0.39 is 8.03 Å². The topological polar surface area (TPSA) is 37.3 Å². The van der Waals surface area contributed by atoms with Crippen molar-refractivity contribution in [2.45, 2.75) is 6.92 Å². The van der Waals surface area contributed by atoms with Crippen LogP contribution in [0.15, 0.2) is 24.3 Å². The summed E-state index contributed by atoms with van der Waals surface area (Å²) in [5.41, 5.74) is 0.867. The van der Waals surface area contributed by atoms with Crippen LogP contribution >= 0.6 is 8.03 Å². The standard InChI is InChI=1S/C7H7O2P/c1-6-4-2-3-5-7(6)10(8)9/h2-5H,1H3/p+1. The molecule has 0 saturated heterocycles. The minimum Gasteiger partial charge on any atom is -0.156 e. The van der Waals surface area contributed by atoms with Crippen molar-refractivity contribution in [3.63, 3.8) is 0 Å². The molecule has 1 unspecified atom stereocenters. The predicted octanol–water partition coefficient (Wildman–Crippen LogP) is 1.36. The molecule has 1 N–H and O–H groups in total. The molecule has 0 saturated carbocycles. The van der Waals surface area contributed by atoms with Crippen molar-refractivity contribution in [3.8, 4) is 0 Å². The van der Waals surface area contributed by atoms with Crippen LogP contribution in [-0.2, 0) is 4.57 Å². The monoisotopic (exact) mass is 155 g/mol. The largest absolute Gasteiger partial charge is 0.546 e. The molecule has 0 fully saturated rings. The summed E-state index contributed by atoms with van der Waals surface area (Å²) >= 11 is 0. The van der Waals surface area contributed by atoms with Crippen LogP contribution in [0.3, 0.4) is 0 Å². The lowest BCUT2D eigenvalue weighted by molar-refractivity contribution is 0.513. The Labute approximate surface area is 60.4 Å². The summed E-state index contributed by atoms with van der Waals surface area (Å²) in [6.07, 6.45) is 0. The minimum absolute atomic E-state index is 0.525. The molecule has 0 spiro atoms. The van der Waals surface area contributed by atoms with Crippen molar-refractivity contribution in [1.29, 1.82) is 0 Å². The second-order valence-corrected chi connectivity index (χ2v) is 3.09. The van der Waals surface area contributed by atoms with Gasteiger partial charge in [-0.3, -0.25) is 0 Å². The highest BCUT2D eigenvalue weighted by Crippen LogP contribution is 2.14. The lowest BCUT2D eigenvalue weighted by Crippen LogP contribution is -1.99. The third kappa shape index (κ3) is 1.41. The Morgan fingerprint density at radius 2 is 2.00 bits per heavy atom. The van der Waals surface area contributed by atoms with E-state index in [1.54, 1.807) is 12.1 Å². The molecule has 0 heterocycles. The summed E-state index contributed by atoms with van der Waals surface area (Å²) in [7, 11) is -2.17. The zero-order valence-corrected chi connectivity index (χ0v) is 6.51. The van der Waals surface area contributed by atoms with E-state index >= 15 is 0 Å². The fourth-order valence-electron chi connectivity index (χ4n) is 0.778. The van der Waals surface area contributed by atoms with Gasteiger partial charge in [0.1, 0.15) is 0 Å². The average Bonchev–Trinajstić information content (AvgIpc) is 1.88. The van der Waals surface area contributed by atoms with E-state index in [-0.39, 0.29) is 0 Å². The van der Waals surface area contributed by atoms with E-state index in [1.807, 2.05) is 19.1 Å². The smallest absolute Gasteiger partial charge is 0.156 e. The van der Waals surface area contributed by atoms with Gasteiger partial charge in [-0.05, 0) is 17.6 Å². The maximum atomic E-state index is 10.6. The molecule has 0 amide bonds. The summed E-state index contributed by atoms with van der Waals surface area (Å²) in [4.78, 5) is 8.71. The summed E-state index contributed by atoms with van der Waals surface area (Å²) in [5.74, 6) is 0. The molecule has 1 aromatic rings. The van der Waals surface area contributed by atoms with Crippen molar-refractivity contribution < 1.29 is 9.46 Å². The highest BCUT2D eigenvalue weighted by molar-refractivity contribution is 7.47. The lowest BCUT2D eigenvalue weighted by Gasteiger charge is -1.87. The number of aryl methyl sites for hydroxylation is 1. The Hall–Kier alpha value is -0.720. The molecule has 52 valence electrons. The van der Waals surface area contributed by atoms with E-state index in [0.29, 0.717) is 5.30 Å². The van der Waals surface area contributed by atoms with Gasteiger partial charge < -0.3 is 0 Å². The number of hydrogen-bond donors (Lipinski definition) is 1.